The lowest BCUT2D eigenvalue weighted by Crippen LogP contribution is -2.43. The molecule has 0 aliphatic carbocycles. The number of furan rings is 1. The zero-order valence-electron chi connectivity index (χ0n) is 15.2. The Morgan fingerprint density at radius 3 is 2.48 bits per heavy atom. The maximum absolute atomic E-state index is 12.8. The van der Waals surface area contributed by atoms with E-state index in [1.165, 1.54) is 4.90 Å². The highest BCUT2D eigenvalue weighted by Gasteiger charge is 2.35. The largest absolute Gasteiger partial charge is 0.466 e. The zero-order chi connectivity index (χ0) is 19.6. The molecule has 1 aromatic carbocycles. The molecule has 3 rings (SSSR count). The van der Waals surface area contributed by atoms with Gasteiger partial charge in [0.25, 0.3) is 5.91 Å². The Labute approximate surface area is 157 Å². The first-order valence-corrected chi connectivity index (χ1v) is 10.4. The van der Waals surface area contributed by atoms with Gasteiger partial charge in [-0.3, -0.25) is 4.79 Å². The van der Waals surface area contributed by atoms with Crippen LogP contribution in [0, 0.1) is 13.8 Å². The van der Waals surface area contributed by atoms with Crippen LogP contribution in [0.5, 0.6) is 0 Å². The maximum Gasteiger partial charge on any atom is 0.342 e. The number of hydrogen-bond donors (Lipinski definition) is 0. The van der Waals surface area contributed by atoms with Gasteiger partial charge in [-0.2, -0.15) is 0 Å². The molecular weight excluding hydrogens is 370 g/mol. The van der Waals surface area contributed by atoms with Crippen LogP contribution in [0.4, 0.5) is 5.69 Å². The van der Waals surface area contributed by atoms with Gasteiger partial charge in [0.05, 0.1) is 17.5 Å². The minimum atomic E-state index is -3.17. The number of para-hydroxylation sites is 1. The molecule has 2 aromatic rings. The SMILES string of the molecule is Cc1cc(C(=O)OCC(=O)N(c2ccccc2)[C@H]2CCS(=O)(=O)C2)c(C)o1. The second-order valence-corrected chi connectivity index (χ2v) is 8.79. The number of amides is 1. The van der Waals surface area contributed by atoms with E-state index in [0.717, 1.165) is 0 Å². The molecule has 1 aliphatic rings. The standard InChI is InChI=1S/C19H21NO6S/c1-13-10-17(14(2)26-13)19(22)25-11-18(21)20(15-6-4-3-5-7-15)16-8-9-27(23,24)12-16/h3-7,10,16H,8-9,11-12H2,1-2H3/t16-/m0/s1. The molecule has 1 atom stereocenters. The normalized spacial score (nSPS) is 18.2. The van der Waals surface area contributed by atoms with Gasteiger partial charge >= 0.3 is 5.97 Å². The fourth-order valence-corrected chi connectivity index (χ4v) is 4.93. The van der Waals surface area contributed by atoms with Crippen molar-refractivity contribution in [1.82, 2.24) is 0 Å². The highest BCUT2D eigenvalue weighted by molar-refractivity contribution is 7.91. The van der Waals surface area contributed by atoms with Crippen LogP contribution < -0.4 is 4.90 Å². The lowest BCUT2D eigenvalue weighted by atomic mass is 10.2. The summed E-state index contributed by atoms with van der Waals surface area (Å²) in [5.74, 6) is -0.165. The Morgan fingerprint density at radius 1 is 1.22 bits per heavy atom. The lowest BCUT2D eigenvalue weighted by Gasteiger charge is -2.28. The Balaban J connectivity index is 1.75. The average Bonchev–Trinajstić information content (AvgIpc) is 3.15. The van der Waals surface area contributed by atoms with Gasteiger partial charge < -0.3 is 14.1 Å². The number of carbonyl (C=O) groups excluding carboxylic acids is 2. The first kappa shape index (κ1) is 19.2. The summed E-state index contributed by atoms with van der Waals surface area (Å²) in [6.45, 7) is 2.88. The van der Waals surface area contributed by atoms with Gasteiger partial charge in [-0.15, -0.1) is 0 Å². The summed E-state index contributed by atoms with van der Waals surface area (Å²) in [6, 6.07) is 9.89. The molecular formula is C19H21NO6S. The molecule has 1 fully saturated rings. The highest BCUT2D eigenvalue weighted by Crippen LogP contribution is 2.25. The Bertz CT molecular complexity index is 948. The van der Waals surface area contributed by atoms with Crippen molar-refractivity contribution in [2.75, 3.05) is 23.0 Å². The van der Waals surface area contributed by atoms with E-state index >= 15 is 0 Å². The van der Waals surface area contributed by atoms with Gasteiger partial charge in [0, 0.05) is 5.69 Å². The summed E-state index contributed by atoms with van der Waals surface area (Å²) in [4.78, 5) is 26.4. The molecule has 0 bridgehead atoms. The molecule has 2 heterocycles. The number of esters is 1. The van der Waals surface area contributed by atoms with E-state index in [1.807, 2.05) is 6.07 Å². The van der Waals surface area contributed by atoms with Crippen molar-refractivity contribution in [3.63, 3.8) is 0 Å². The number of sulfone groups is 1. The Morgan fingerprint density at radius 2 is 1.93 bits per heavy atom. The molecule has 144 valence electrons. The third-order valence-corrected chi connectivity index (χ3v) is 6.21. The fourth-order valence-electron chi connectivity index (χ4n) is 3.23. The van der Waals surface area contributed by atoms with E-state index < -0.39 is 34.4 Å². The van der Waals surface area contributed by atoms with E-state index in [-0.39, 0.29) is 17.1 Å². The summed E-state index contributed by atoms with van der Waals surface area (Å²) < 4.78 is 34.2. The molecule has 1 aliphatic heterocycles. The fraction of sp³-hybridized carbons (Fsp3) is 0.368. The molecule has 8 heteroatoms. The van der Waals surface area contributed by atoms with Crippen LogP contribution in [0.25, 0.3) is 0 Å². The van der Waals surface area contributed by atoms with E-state index in [9.17, 15) is 18.0 Å². The van der Waals surface area contributed by atoms with Crippen molar-refractivity contribution in [3.8, 4) is 0 Å². The first-order chi connectivity index (χ1) is 12.8. The number of aryl methyl sites for hydroxylation is 2. The van der Waals surface area contributed by atoms with E-state index in [2.05, 4.69) is 0 Å². The smallest absolute Gasteiger partial charge is 0.342 e. The lowest BCUT2D eigenvalue weighted by molar-refractivity contribution is -0.122. The van der Waals surface area contributed by atoms with Gasteiger partial charge in [0.1, 0.15) is 17.1 Å². The van der Waals surface area contributed by atoms with Crippen molar-refractivity contribution in [2.45, 2.75) is 26.3 Å². The zero-order valence-corrected chi connectivity index (χ0v) is 16.0. The number of carbonyl (C=O) groups is 2. The summed E-state index contributed by atoms with van der Waals surface area (Å²) in [5.41, 5.74) is 0.853. The van der Waals surface area contributed by atoms with Crippen LogP contribution in [-0.2, 0) is 19.4 Å². The minimum absolute atomic E-state index is 0.0432. The number of hydrogen-bond acceptors (Lipinski definition) is 6. The van der Waals surface area contributed by atoms with Crippen molar-refractivity contribution in [1.29, 1.82) is 0 Å². The molecule has 0 N–H and O–H groups in total. The number of rotatable bonds is 5. The molecule has 0 saturated carbocycles. The summed E-state index contributed by atoms with van der Waals surface area (Å²) in [5, 5.41) is 0. The molecule has 1 aromatic heterocycles. The first-order valence-electron chi connectivity index (χ1n) is 8.58. The van der Waals surface area contributed by atoms with E-state index in [0.29, 0.717) is 23.6 Å². The van der Waals surface area contributed by atoms with Crippen molar-refractivity contribution >= 4 is 27.4 Å². The topological polar surface area (TPSA) is 93.9 Å². The predicted molar refractivity (Wildman–Crippen MR) is 99.5 cm³/mol. The van der Waals surface area contributed by atoms with Crippen molar-refractivity contribution in [3.05, 3.63) is 53.5 Å². The second kappa shape index (κ2) is 7.56. The second-order valence-electron chi connectivity index (χ2n) is 6.56. The van der Waals surface area contributed by atoms with Crippen LogP contribution in [0.1, 0.15) is 28.3 Å². The van der Waals surface area contributed by atoms with Crippen molar-refractivity contribution in [2.24, 2.45) is 0 Å². The number of nitrogens with zero attached hydrogens (tertiary/aromatic N) is 1. The third-order valence-electron chi connectivity index (χ3n) is 4.46. The maximum atomic E-state index is 12.8. The van der Waals surface area contributed by atoms with Crippen molar-refractivity contribution < 1.29 is 27.2 Å². The molecule has 1 saturated heterocycles. The highest BCUT2D eigenvalue weighted by atomic mass is 32.2. The van der Waals surface area contributed by atoms with E-state index in [1.54, 1.807) is 44.2 Å². The van der Waals surface area contributed by atoms with Crippen LogP contribution >= 0.6 is 0 Å². The minimum Gasteiger partial charge on any atom is -0.466 e. The summed E-state index contributed by atoms with van der Waals surface area (Å²) >= 11 is 0. The predicted octanol–water partition coefficient (Wildman–Crippen LogP) is 2.27. The van der Waals surface area contributed by atoms with Crippen LogP contribution in [-0.4, -0.2) is 44.4 Å². The molecule has 27 heavy (non-hydrogen) atoms. The Kier molecular flexibility index (Phi) is 5.36. The van der Waals surface area contributed by atoms with Gasteiger partial charge in [-0.25, -0.2) is 13.2 Å². The Hall–Kier alpha value is -2.61. The van der Waals surface area contributed by atoms with Gasteiger partial charge in [-0.1, -0.05) is 18.2 Å². The van der Waals surface area contributed by atoms with Gasteiger partial charge in [-0.05, 0) is 38.5 Å². The van der Waals surface area contributed by atoms with Crippen LogP contribution in [0.15, 0.2) is 40.8 Å². The molecule has 0 unspecified atom stereocenters. The average molecular weight is 391 g/mol. The van der Waals surface area contributed by atoms with Gasteiger partial charge in [0.15, 0.2) is 16.4 Å². The third kappa shape index (κ3) is 4.39. The molecule has 0 spiro atoms. The molecule has 7 nitrogen and oxygen atoms in total. The summed E-state index contributed by atoms with van der Waals surface area (Å²) in [6.07, 6.45) is 0.358. The van der Waals surface area contributed by atoms with Crippen LogP contribution in [0.3, 0.4) is 0 Å². The molecule has 1 amide bonds. The summed E-state index contributed by atoms with van der Waals surface area (Å²) in [7, 11) is -3.17. The molecule has 0 radical (unpaired) electrons. The number of ether oxygens (including phenoxy) is 1. The monoisotopic (exact) mass is 391 g/mol. The van der Waals surface area contributed by atoms with Crippen LogP contribution in [0.2, 0.25) is 0 Å². The quantitative estimate of drug-likeness (QED) is 0.726. The van der Waals surface area contributed by atoms with E-state index in [4.69, 9.17) is 9.15 Å². The number of benzene rings is 1. The number of anilines is 1. The van der Waals surface area contributed by atoms with Gasteiger partial charge in [0.2, 0.25) is 0 Å².